The largest absolute Gasteiger partial charge is 0.417 e. The number of hydrogen-bond donors (Lipinski definition) is 1. The van der Waals surface area contributed by atoms with Gasteiger partial charge in [-0.2, -0.15) is 0 Å². The van der Waals surface area contributed by atoms with E-state index < -0.39 is 0 Å². The first-order chi connectivity index (χ1) is 10.7. The lowest BCUT2D eigenvalue weighted by Crippen LogP contribution is -2.45. The van der Waals surface area contributed by atoms with Crippen LogP contribution in [0, 0.1) is 5.41 Å². The molecular weight excluding hydrogens is 402 g/mol. The zero-order chi connectivity index (χ0) is 16.8. The molecule has 23 heavy (non-hydrogen) atoms. The predicted octanol–water partition coefficient (Wildman–Crippen LogP) is 4.37. The number of fused-ring (bicyclic) bond motifs is 1. The van der Waals surface area contributed by atoms with Gasteiger partial charge in [0.1, 0.15) is 0 Å². The van der Waals surface area contributed by atoms with Gasteiger partial charge in [0.15, 0.2) is 11.4 Å². The highest BCUT2D eigenvalue weighted by molar-refractivity contribution is 14.1. The number of nitrogens with one attached hydrogen (secondary N) is 1. The Morgan fingerprint density at radius 1 is 1.26 bits per heavy atom. The van der Waals surface area contributed by atoms with Crippen molar-refractivity contribution in [3.63, 3.8) is 0 Å². The second-order valence-electron chi connectivity index (χ2n) is 7.90. The molecule has 4 nitrogen and oxygen atoms in total. The number of hydrogen-bond acceptors (Lipinski definition) is 4. The number of benzene rings is 1. The van der Waals surface area contributed by atoms with Crippen LogP contribution >= 0.6 is 22.4 Å². The number of aromatic nitrogens is 1. The van der Waals surface area contributed by atoms with Gasteiger partial charge in [0.2, 0.25) is 0 Å². The lowest BCUT2D eigenvalue weighted by Gasteiger charge is -2.40. The molecule has 3 rings (SSSR count). The van der Waals surface area contributed by atoms with Crippen molar-refractivity contribution >= 4 is 49.4 Å². The Bertz CT molecular complexity index is 704. The number of halogens is 1. The highest BCUT2D eigenvalue weighted by Gasteiger charge is 2.37. The average Bonchev–Trinajstić information content (AvgIpc) is 3.17. The molecule has 0 radical (unpaired) electrons. The van der Waals surface area contributed by atoms with E-state index in [1.165, 1.54) is 12.8 Å². The molecule has 0 spiro atoms. The maximum absolute atomic E-state index is 6.36. The van der Waals surface area contributed by atoms with Gasteiger partial charge in [0, 0.05) is 6.04 Å². The molecule has 124 valence electrons. The summed E-state index contributed by atoms with van der Waals surface area (Å²) in [5, 5.41) is 8.63. The summed E-state index contributed by atoms with van der Waals surface area (Å²) in [4.78, 5) is 0. The van der Waals surface area contributed by atoms with Gasteiger partial charge in [-0.25, -0.2) is 0 Å². The van der Waals surface area contributed by atoms with E-state index in [0.29, 0.717) is 6.04 Å². The maximum Gasteiger partial charge on any atom is 0.400 e. The molecule has 1 aliphatic rings. The summed E-state index contributed by atoms with van der Waals surface area (Å²) in [6.07, 6.45) is 2.43. The fourth-order valence-corrected chi connectivity index (χ4v) is 3.15. The molecule has 1 fully saturated rings. The van der Waals surface area contributed by atoms with Crippen LogP contribution in [-0.2, 0) is 4.65 Å². The smallest absolute Gasteiger partial charge is 0.400 e. The van der Waals surface area contributed by atoms with Crippen LogP contribution < -0.4 is 10.8 Å². The second kappa shape index (κ2) is 5.95. The van der Waals surface area contributed by atoms with Crippen molar-refractivity contribution in [2.24, 2.45) is 5.41 Å². The minimum absolute atomic E-state index is 0.0186. The van der Waals surface area contributed by atoms with Gasteiger partial charge in [-0.05, 0) is 49.7 Å². The molecule has 1 aromatic carbocycles. The molecule has 0 amide bonds. The van der Waals surface area contributed by atoms with Gasteiger partial charge >= 0.3 is 4.77 Å². The minimum Gasteiger partial charge on any atom is -0.417 e. The SMILES string of the molecule is CC(C)(C)C(C)(C)OB(I)c1ccc2onc(NC3CC3)c2c1. The standard InChI is InChI=1S/C17H24BIN2O2/c1-16(2,3)17(4,5)23-18(19)11-6-9-14-13(10-11)15(21-22-14)20-12-7-8-12/h6,9-10,12H,7-8H2,1-5H3,(H,20,21). The van der Waals surface area contributed by atoms with Gasteiger partial charge in [-0.3, -0.25) is 0 Å². The van der Waals surface area contributed by atoms with E-state index in [1.807, 2.05) is 6.07 Å². The Balaban J connectivity index is 1.84. The number of rotatable bonds is 5. The van der Waals surface area contributed by atoms with Crippen LogP contribution in [-0.4, -0.2) is 21.6 Å². The molecule has 1 saturated carbocycles. The first-order valence-electron chi connectivity index (χ1n) is 8.15. The Kier molecular flexibility index (Phi) is 4.42. The van der Waals surface area contributed by atoms with E-state index in [-0.39, 0.29) is 15.8 Å². The predicted molar refractivity (Wildman–Crippen MR) is 105 cm³/mol. The molecule has 0 unspecified atom stereocenters. The van der Waals surface area contributed by atoms with Crippen molar-refractivity contribution in [2.45, 2.75) is 59.1 Å². The molecule has 0 atom stereocenters. The van der Waals surface area contributed by atoms with E-state index in [2.05, 4.69) is 79.6 Å². The number of nitrogens with zero attached hydrogens (tertiary/aromatic N) is 1. The third-order valence-corrected chi connectivity index (χ3v) is 5.85. The Morgan fingerprint density at radius 2 is 1.96 bits per heavy atom. The first-order valence-corrected chi connectivity index (χ1v) is 9.40. The summed E-state index contributed by atoms with van der Waals surface area (Å²) in [6.45, 7) is 10.9. The van der Waals surface area contributed by atoms with Crippen LogP contribution in [0.5, 0.6) is 0 Å². The van der Waals surface area contributed by atoms with Crippen molar-refractivity contribution in [1.29, 1.82) is 0 Å². The van der Waals surface area contributed by atoms with Gasteiger partial charge in [-0.1, -0.05) is 32.0 Å². The average molecular weight is 426 g/mol. The van der Waals surface area contributed by atoms with Gasteiger partial charge in [-0.15, -0.1) is 22.4 Å². The van der Waals surface area contributed by atoms with Crippen molar-refractivity contribution in [2.75, 3.05) is 5.32 Å². The molecule has 1 aromatic heterocycles. The zero-order valence-electron chi connectivity index (χ0n) is 14.4. The molecule has 0 saturated heterocycles. The van der Waals surface area contributed by atoms with Gasteiger partial charge in [0.05, 0.1) is 11.0 Å². The molecule has 1 N–H and O–H groups in total. The van der Waals surface area contributed by atoms with Crippen molar-refractivity contribution < 1.29 is 9.18 Å². The van der Waals surface area contributed by atoms with Crippen LogP contribution in [0.15, 0.2) is 22.7 Å². The summed E-state index contributed by atoms with van der Waals surface area (Å²) >= 11 is 2.36. The molecule has 1 aliphatic carbocycles. The highest BCUT2D eigenvalue weighted by atomic mass is 127. The Labute approximate surface area is 151 Å². The monoisotopic (exact) mass is 426 g/mol. The quantitative estimate of drug-likeness (QED) is 0.570. The normalized spacial score (nSPS) is 15.9. The summed E-state index contributed by atoms with van der Waals surface area (Å²) in [5.41, 5.74) is 1.79. The molecule has 6 heteroatoms. The lowest BCUT2D eigenvalue weighted by molar-refractivity contribution is 0.00422. The maximum atomic E-state index is 6.36. The molecular formula is C17H24BIN2O2. The fraction of sp³-hybridized carbons (Fsp3) is 0.588. The van der Waals surface area contributed by atoms with Crippen LogP contribution in [0.2, 0.25) is 0 Å². The summed E-state index contributed by atoms with van der Waals surface area (Å²) in [5.74, 6) is 0.850. The van der Waals surface area contributed by atoms with Crippen molar-refractivity contribution in [1.82, 2.24) is 5.16 Å². The molecule has 1 heterocycles. The van der Waals surface area contributed by atoms with Crippen molar-refractivity contribution in [3.8, 4) is 0 Å². The topological polar surface area (TPSA) is 47.3 Å². The minimum atomic E-state index is -0.225. The van der Waals surface area contributed by atoms with Crippen LogP contribution in [0.25, 0.3) is 11.0 Å². The van der Waals surface area contributed by atoms with Crippen LogP contribution in [0.3, 0.4) is 0 Å². The number of anilines is 1. The Morgan fingerprint density at radius 3 is 2.57 bits per heavy atom. The van der Waals surface area contributed by atoms with Gasteiger partial charge < -0.3 is 14.5 Å². The fourth-order valence-electron chi connectivity index (χ4n) is 2.13. The van der Waals surface area contributed by atoms with E-state index in [9.17, 15) is 0 Å². The van der Waals surface area contributed by atoms with E-state index in [4.69, 9.17) is 9.18 Å². The molecule has 2 aromatic rings. The van der Waals surface area contributed by atoms with E-state index in [0.717, 1.165) is 22.2 Å². The van der Waals surface area contributed by atoms with Crippen LogP contribution in [0.4, 0.5) is 5.82 Å². The highest BCUT2D eigenvalue weighted by Crippen LogP contribution is 2.34. The third kappa shape index (κ3) is 3.68. The van der Waals surface area contributed by atoms with Crippen molar-refractivity contribution in [3.05, 3.63) is 18.2 Å². The summed E-state index contributed by atoms with van der Waals surface area (Å²) in [7, 11) is 0. The zero-order valence-corrected chi connectivity index (χ0v) is 16.6. The Hall–Kier alpha value is -0.755. The second-order valence-corrected chi connectivity index (χ2v) is 9.03. The molecule has 0 bridgehead atoms. The van der Waals surface area contributed by atoms with Crippen LogP contribution in [0.1, 0.15) is 47.5 Å². The molecule has 0 aliphatic heterocycles. The summed E-state index contributed by atoms with van der Waals surface area (Å²) in [6, 6.07) is 6.73. The van der Waals surface area contributed by atoms with Gasteiger partial charge in [0.25, 0.3) is 0 Å². The van der Waals surface area contributed by atoms with E-state index in [1.54, 1.807) is 0 Å². The third-order valence-electron chi connectivity index (χ3n) is 4.88. The lowest BCUT2D eigenvalue weighted by atomic mass is 9.76. The summed E-state index contributed by atoms with van der Waals surface area (Å²) < 4.78 is 11.8. The van der Waals surface area contributed by atoms with E-state index >= 15 is 0 Å². The first kappa shape index (κ1) is 17.1.